The number of carbonyl (C=O) groups excluding carboxylic acids is 1. The molecular weight excluding hydrogens is 300 g/mol. The summed E-state index contributed by atoms with van der Waals surface area (Å²) < 4.78 is 26.3. The second-order valence-corrected chi connectivity index (χ2v) is 6.18. The third kappa shape index (κ3) is 3.82. The molecule has 0 unspecified atom stereocenters. The van der Waals surface area contributed by atoms with E-state index >= 15 is 0 Å². The van der Waals surface area contributed by atoms with Gasteiger partial charge in [-0.25, -0.2) is 4.79 Å². The van der Waals surface area contributed by atoms with Crippen LogP contribution in [0.25, 0.3) is 11.1 Å². The van der Waals surface area contributed by atoms with Crippen molar-refractivity contribution in [2.24, 2.45) is 0 Å². The molecule has 0 spiro atoms. The van der Waals surface area contributed by atoms with E-state index in [-0.39, 0.29) is 5.56 Å². The van der Waals surface area contributed by atoms with Gasteiger partial charge >= 0.3 is 16.1 Å². The standard InChI is InChI=1S/C14H11ClO4S/c1-20(17,18)19-14(16)12-6-2-4-10(8-12)11-5-3-7-13(15)9-11/h2-9H,1H3. The van der Waals surface area contributed by atoms with Crippen LogP contribution in [0.5, 0.6) is 0 Å². The molecule has 0 heterocycles. The van der Waals surface area contributed by atoms with Crippen LogP contribution in [-0.2, 0) is 14.3 Å². The molecule has 0 radical (unpaired) electrons. The highest BCUT2D eigenvalue weighted by Crippen LogP contribution is 2.23. The Kier molecular flexibility index (Phi) is 4.11. The Hall–Kier alpha value is -1.85. The number of benzene rings is 2. The summed E-state index contributed by atoms with van der Waals surface area (Å²) >= 11 is 5.91. The Morgan fingerprint density at radius 2 is 1.65 bits per heavy atom. The van der Waals surface area contributed by atoms with E-state index in [0.29, 0.717) is 5.02 Å². The van der Waals surface area contributed by atoms with E-state index in [0.717, 1.165) is 17.4 Å². The van der Waals surface area contributed by atoms with E-state index in [1.165, 1.54) is 6.07 Å². The molecular formula is C14H11ClO4S. The third-order valence-corrected chi connectivity index (χ3v) is 3.17. The van der Waals surface area contributed by atoms with Crippen molar-refractivity contribution in [1.29, 1.82) is 0 Å². The monoisotopic (exact) mass is 310 g/mol. The lowest BCUT2D eigenvalue weighted by Crippen LogP contribution is -2.11. The predicted octanol–water partition coefficient (Wildman–Crippen LogP) is 3.12. The molecule has 104 valence electrons. The van der Waals surface area contributed by atoms with Crippen LogP contribution in [0.1, 0.15) is 10.4 Å². The van der Waals surface area contributed by atoms with E-state index in [4.69, 9.17) is 11.6 Å². The predicted molar refractivity (Wildman–Crippen MR) is 77.1 cm³/mol. The zero-order valence-corrected chi connectivity index (χ0v) is 12.1. The molecule has 0 amide bonds. The van der Waals surface area contributed by atoms with Crippen molar-refractivity contribution >= 4 is 27.7 Å². The molecule has 0 saturated heterocycles. The van der Waals surface area contributed by atoms with Gasteiger partial charge < -0.3 is 4.18 Å². The number of carbonyl (C=O) groups is 1. The second-order valence-electron chi connectivity index (χ2n) is 4.17. The molecule has 6 heteroatoms. The maximum absolute atomic E-state index is 11.7. The van der Waals surface area contributed by atoms with Gasteiger partial charge in [-0.15, -0.1) is 0 Å². The van der Waals surface area contributed by atoms with Gasteiger partial charge in [0.05, 0.1) is 11.8 Å². The number of hydrogen-bond acceptors (Lipinski definition) is 4. The molecule has 0 saturated carbocycles. The van der Waals surface area contributed by atoms with E-state index in [9.17, 15) is 13.2 Å². The summed E-state index contributed by atoms with van der Waals surface area (Å²) in [6, 6.07) is 13.6. The molecule has 2 rings (SSSR count). The fourth-order valence-corrected chi connectivity index (χ4v) is 2.24. The smallest absolute Gasteiger partial charge is 0.341 e. The van der Waals surface area contributed by atoms with Gasteiger partial charge in [0.2, 0.25) is 0 Å². The fourth-order valence-electron chi connectivity index (χ4n) is 1.68. The molecule has 0 fully saturated rings. The summed E-state index contributed by atoms with van der Waals surface area (Å²) in [5.74, 6) is -0.906. The average molecular weight is 311 g/mol. The summed E-state index contributed by atoms with van der Waals surface area (Å²) in [4.78, 5) is 11.7. The van der Waals surface area contributed by atoms with Gasteiger partial charge in [0.1, 0.15) is 0 Å². The fraction of sp³-hybridized carbons (Fsp3) is 0.0714. The van der Waals surface area contributed by atoms with Crippen LogP contribution in [0.3, 0.4) is 0 Å². The quantitative estimate of drug-likeness (QED) is 0.817. The van der Waals surface area contributed by atoms with Gasteiger partial charge in [0.25, 0.3) is 0 Å². The Morgan fingerprint density at radius 3 is 2.25 bits per heavy atom. The van der Waals surface area contributed by atoms with E-state index < -0.39 is 16.1 Å². The molecule has 20 heavy (non-hydrogen) atoms. The average Bonchev–Trinajstić information content (AvgIpc) is 2.37. The second kappa shape index (κ2) is 5.64. The summed E-state index contributed by atoms with van der Waals surface area (Å²) in [6.07, 6.45) is 0.825. The van der Waals surface area contributed by atoms with Crippen LogP contribution in [0.15, 0.2) is 48.5 Å². The van der Waals surface area contributed by atoms with E-state index in [1.54, 1.807) is 36.4 Å². The van der Waals surface area contributed by atoms with Crippen molar-refractivity contribution in [3.8, 4) is 11.1 Å². The Balaban J connectivity index is 2.36. The number of hydrogen-bond donors (Lipinski definition) is 0. The molecule has 4 nitrogen and oxygen atoms in total. The molecule has 0 atom stereocenters. The largest absolute Gasteiger partial charge is 0.353 e. The summed E-state index contributed by atoms with van der Waals surface area (Å²) in [5, 5.41) is 0.576. The van der Waals surface area contributed by atoms with Crippen molar-refractivity contribution in [2.75, 3.05) is 6.26 Å². The highest BCUT2D eigenvalue weighted by atomic mass is 35.5. The summed E-state index contributed by atoms with van der Waals surface area (Å²) in [7, 11) is -3.83. The van der Waals surface area contributed by atoms with Gasteiger partial charge in [0, 0.05) is 5.02 Å². The molecule has 0 aliphatic heterocycles. The van der Waals surface area contributed by atoms with Crippen molar-refractivity contribution in [1.82, 2.24) is 0 Å². The molecule has 0 N–H and O–H groups in total. The van der Waals surface area contributed by atoms with Gasteiger partial charge in [-0.1, -0.05) is 35.9 Å². The SMILES string of the molecule is CS(=O)(=O)OC(=O)c1cccc(-c2cccc(Cl)c2)c1. The lowest BCUT2D eigenvalue weighted by atomic mass is 10.0. The Morgan fingerprint density at radius 1 is 1.05 bits per heavy atom. The lowest BCUT2D eigenvalue weighted by molar-refractivity contribution is 0.0748. The molecule has 2 aromatic rings. The first-order valence-electron chi connectivity index (χ1n) is 5.65. The highest BCUT2D eigenvalue weighted by molar-refractivity contribution is 7.86. The van der Waals surface area contributed by atoms with Crippen LogP contribution in [-0.4, -0.2) is 20.6 Å². The van der Waals surface area contributed by atoms with Crippen molar-refractivity contribution in [3.63, 3.8) is 0 Å². The van der Waals surface area contributed by atoms with Crippen molar-refractivity contribution in [2.45, 2.75) is 0 Å². The minimum Gasteiger partial charge on any atom is -0.341 e. The highest BCUT2D eigenvalue weighted by Gasteiger charge is 2.14. The first kappa shape index (κ1) is 14.6. The molecule has 0 aliphatic carbocycles. The first-order valence-corrected chi connectivity index (χ1v) is 7.84. The third-order valence-electron chi connectivity index (χ3n) is 2.48. The van der Waals surface area contributed by atoms with Crippen LogP contribution < -0.4 is 0 Å². The number of rotatable bonds is 3. The van der Waals surface area contributed by atoms with E-state index in [1.807, 2.05) is 6.07 Å². The minimum atomic E-state index is -3.83. The maximum atomic E-state index is 11.7. The Labute approximate surface area is 122 Å². The zero-order chi connectivity index (χ0) is 14.8. The van der Waals surface area contributed by atoms with Gasteiger partial charge in [-0.3, -0.25) is 0 Å². The molecule has 0 aromatic heterocycles. The topological polar surface area (TPSA) is 60.4 Å². The van der Waals surface area contributed by atoms with Gasteiger partial charge in [-0.2, -0.15) is 8.42 Å². The van der Waals surface area contributed by atoms with Crippen LogP contribution in [0.4, 0.5) is 0 Å². The zero-order valence-electron chi connectivity index (χ0n) is 10.5. The van der Waals surface area contributed by atoms with Gasteiger partial charge in [-0.05, 0) is 35.4 Å². The maximum Gasteiger partial charge on any atom is 0.353 e. The van der Waals surface area contributed by atoms with Crippen LogP contribution in [0, 0.1) is 0 Å². The normalized spacial score (nSPS) is 11.1. The minimum absolute atomic E-state index is 0.160. The molecule has 0 bridgehead atoms. The molecule has 0 aliphatic rings. The van der Waals surface area contributed by atoms with Crippen LogP contribution in [0.2, 0.25) is 5.02 Å². The van der Waals surface area contributed by atoms with E-state index in [2.05, 4.69) is 4.18 Å². The first-order chi connectivity index (χ1) is 9.35. The van der Waals surface area contributed by atoms with Crippen molar-refractivity contribution in [3.05, 3.63) is 59.1 Å². The summed E-state index contributed by atoms with van der Waals surface area (Å²) in [6.45, 7) is 0. The lowest BCUT2D eigenvalue weighted by Gasteiger charge is -2.05. The van der Waals surface area contributed by atoms with Crippen LogP contribution >= 0.6 is 11.6 Å². The molecule has 2 aromatic carbocycles. The Bertz CT molecular complexity index is 753. The van der Waals surface area contributed by atoms with Gasteiger partial charge in [0.15, 0.2) is 0 Å². The van der Waals surface area contributed by atoms with Crippen molar-refractivity contribution < 1.29 is 17.4 Å². The number of halogens is 1. The summed E-state index contributed by atoms with van der Waals surface area (Å²) in [5.41, 5.74) is 1.73.